The van der Waals surface area contributed by atoms with Crippen LogP contribution in [0.25, 0.3) is 10.9 Å². The van der Waals surface area contributed by atoms with Gasteiger partial charge in [-0.25, -0.2) is 0 Å². The van der Waals surface area contributed by atoms with Crippen molar-refractivity contribution in [3.8, 4) is 5.75 Å². The predicted molar refractivity (Wildman–Crippen MR) is 105 cm³/mol. The summed E-state index contributed by atoms with van der Waals surface area (Å²) in [6, 6.07) is 11.1. The largest absolute Gasteiger partial charge is 0.495 e. The van der Waals surface area contributed by atoms with Crippen molar-refractivity contribution >= 4 is 38.4 Å². The van der Waals surface area contributed by atoms with Crippen molar-refractivity contribution in [3.63, 3.8) is 0 Å². The van der Waals surface area contributed by atoms with Gasteiger partial charge >= 0.3 is 0 Å². The summed E-state index contributed by atoms with van der Waals surface area (Å²) in [6.07, 6.45) is 2.51. The Morgan fingerprint density at radius 3 is 2.85 bits per heavy atom. The van der Waals surface area contributed by atoms with Crippen molar-refractivity contribution in [2.24, 2.45) is 0 Å². The maximum Gasteiger partial charge on any atom is 0.261 e. The van der Waals surface area contributed by atoms with Crippen LogP contribution in [0.4, 0.5) is 5.69 Å². The Morgan fingerprint density at radius 1 is 1.31 bits per heavy atom. The van der Waals surface area contributed by atoms with E-state index in [-0.39, 0.29) is 17.0 Å². The van der Waals surface area contributed by atoms with Gasteiger partial charge < -0.3 is 14.6 Å². The predicted octanol–water partition coefficient (Wildman–Crippen LogP) is 4.14. The Hall–Kier alpha value is -2.60. The number of anilines is 1. The first kappa shape index (κ1) is 16.8. The number of rotatable bonds is 3. The summed E-state index contributed by atoms with van der Waals surface area (Å²) in [7, 11) is 1.54. The first-order valence-corrected chi connectivity index (χ1v) is 9.10. The molecule has 26 heavy (non-hydrogen) atoms. The maximum atomic E-state index is 13.0. The quantitative estimate of drug-likeness (QED) is 0.702. The molecule has 1 amide bonds. The van der Waals surface area contributed by atoms with E-state index in [2.05, 4.69) is 28.2 Å². The van der Waals surface area contributed by atoms with Crippen LogP contribution in [-0.4, -0.2) is 17.6 Å². The molecule has 2 aromatic carbocycles. The number of benzene rings is 2. The number of amides is 1. The Labute approximate surface area is 158 Å². The van der Waals surface area contributed by atoms with Gasteiger partial charge in [0.1, 0.15) is 11.3 Å². The zero-order valence-electron chi connectivity index (χ0n) is 14.4. The molecule has 132 valence electrons. The molecule has 5 nitrogen and oxygen atoms in total. The van der Waals surface area contributed by atoms with Crippen molar-refractivity contribution in [2.75, 3.05) is 12.4 Å². The van der Waals surface area contributed by atoms with Gasteiger partial charge in [0.2, 0.25) is 5.43 Å². The number of nitrogens with one attached hydrogen (secondary N) is 1. The van der Waals surface area contributed by atoms with E-state index in [1.807, 2.05) is 16.7 Å². The minimum absolute atomic E-state index is 0.126. The van der Waals surface area contributed by atoms with E-state index in [9.17, 15) is 9.59 Å². The molecule has 0 spiro atoms. The summed E-state index contributed by atoms with van der Waals surface area (Å²) >= 11 is 3.47. The lowest BCUT2D eigenvalue weighted by Crippen LogP contribution is -2.24. The smallest absolute Gasteiger partial charge is 0.261 e. The fraction of sp³-hybridized carbons (Fsp3) is 0.200. The summed E-state index contributed by atoms with van der Waals surface area (Å²) < 4.78 is 8.14. The number of para-hydroxylation sites is 2. The van der Waals surface area contributed by atoms with E-state index in [0.29, 0.717) is 16.8 Å². The number of halogens is 1. The summed E-state index contributed by atoms with van der Waals surface area (Å²) in [6.45, 7) is 2.08. The third-order valence-electron chi connectivity index (χ3n) is 4.76. The van der Waals surface area contributed by atoms with E-state index in [0.717, 1.165) is 22.0 Å². The number of hydrogen-bond donors (Lipinski definition) is 1. The lowest BCUT2D eigenvalue weighted by Gasteiger charge is -2.14. The monoisotopic (exact) mass is 412 g/mol. The second kappa shape index (κ2) is 6.29. The zero-order valence-corrected chi connectivity index (χ0v) is 16.0. The van der Waals surface area contributed by atoms with Gasteiger partial charge in [-0.2, -0.15) is 0 Å². The van der Waals surface area contributed by atoms with Crippen LogP contribution in [0.2, 0.25) is 0 Å². The molecule has 4 rings (SSSR count). The van der Waals surface area contributed by atoms with Crippen molar-refractivity contribution in [3.05, 3.63) is 68.4 Å². The topological polar surface area (TPSA) is 60.3 Å². The highest BCUT2D eigenvalue weighted by molar-refractivity contribution is 9.10. The molecular weight excluding hydrogens is 396 g/mol. The van der Waals surface area contributed by atoms with Crippen molar-refractivity contribution in [2.45, 2.75) is 19.4 Å². The van der Waals surface area contributed by atoms with E-state index in [1.165, 1.54) is 7.11 Å². The van der Waals surface area contributed by atoms with E-state index < -0.39 is 5.91 Å². The number of pyridine rings is 1. The first-order chi connectivity index (χ1) is 12.5. The first-order valence-electron chi connectivity index (χ1n) is 8.31. The average molecular weight is 413 g/mol. The van der Waals surface area contributed by atoms with Gasteiger partial charge in [0.05, 0.1) is 18.3 Å². The molecule has 0 aliphatic carbocycles. The van der Waals surface area contributed by atoms with E-state index in [4.69, 9.17) is 4.74 Å². The van der Waals surface area contributed by atoms with Crippen molar-refractivity contribution in [1.29, 1.82) is 0 Å². The molecule has 1 atom stereocenters. The second-order valence-electron chi connectivity index (χ2n) is 6.45. The van der Waals surface area contributed by atoms with Crippen LogP contribution in [0.1, 0.15) is 28.9 Å². The van der Waals surface area contributed by atoms with Gasteiger partial charge in [-0.1, -0.05) is 28.1 Å². The number of carbonyl (C=O) groups is 1. The van der Waals surface area contributed by atoms with Gasteiger partial charge in [0.25, 0.3) is 5.91 Å². The number of methoxy groups -OCH3 is 1. The minimum Gasteiger partial charge on any atom is -0.495 e. The number of carbonyl (C=O) groups excluding carboxylic acids is 1. The molecule has 0 radical (unpaired) electrons. The Morgan fingerprint density at radius 2 is 2.08 bits per heavy atom. The fourth-order valence-corrected chi connectivity index (χ4v) is 4.07. The molecule has 2 heterocycles. The normalized spacial score (nSPS) is 15.3. The molecule has 0 saturated heterocycles. The second-order valence-corrected chi connectivity index (χ2v) is 7.36. The molecule has 1 aliphatic rings. The highest BCUT2D eigenvalue weighted by Gasteiger charge is 2.25. The highest BCUT2D eigenvalue weighted by atomic mass is 79.9. The molecule has 1 aliphatic heterocycles. The Bertz CT molecular complexity index is 1100. The van der Waals surface area contributed by atoms with Crippen LogP contribution in [0.15, 0.2) is 51.9 Å². The van der Waals surface area contributed by atoms with Gasteiger partial charge in [0.15, 0.2) is 0 Å². The van der Waals surface area contributed by atoms with Crippen LogP contribution >= 0.6 is 15.9 Å². The summed E-state index contributed by atoms with van der Waals surface area (Å²) in [5, 5.41) is 3.35. The van der Waals surface area contributed by atoms with Crippen LogP contribution in [0, 0.1) is 0 Å². The number of aromatic nitrogens is 1. The van der Waals surface area contributed by atoms with Gasteiger partial charge in [-0.15, -0.1) is 0 Å². The van der Waals surface area contributed by atoms with Gasteiger partial charge in [-0.05, 0) is 43.2 Å². The van der Waals surface area contributed by atoms with Gasteiger partial charge in [0, 0.05) is 22.1 Å². The lowest BCUT2D eigenvalue weighted by atomic mass is 10.1. The van der Waals surface area contributed by atoms with E-state index >= 15 is 0 Å². The molecule has 1 aromatic heterocycles. The van der Waals surface area contributed by atoms with Crippen molar-refractivity contribution in [1.82, 2.24) is 4.57 Å². The molecule has 0 saturated carbocycles. The third kappa shape index (κ3) is 2.61. The van der Waals surface area contributed by atoms with Crippen LogP contribution in [0.3, 0.4) is 0 Å². The van der Waals surface area contributed by atoms with Crippen molar-refractivity contribution < 1.29 is 9.53 Å². The number of ether oxygens (including phenoxy) is 1. The molecule has 6 heteroatoms. The molecule has 0 fully saturated rings. The van der Waals surface area contributed by atoms with Crippen LogP contribution in [0.5, 0.6) is 5.75 Å². The number of hydrogen-bond acceptors (Lipinski definition) is 3. The lowest BCUT2D eigenvalue weighted by molar-refractivity contribution is 0.102. The summed E-state index contributed by atoms with van der Waals surface area (Å²) in [5.41, 5.74) is 2.43. The molecule has 1 N–H and O–H groups in total. The van der Waals surface area contributed by atoms with Crippen LogP contribution < -0.4 is 15.5 Å². The summed E-state index contributed by atoms with van der Waals surface area (Å²) in [4.78, 5) is 25.8. The molecular formula is C20H17BrN2O3. The number of nitrogens with zero attached hydrogens (tertiary/aromatic N) is 1. The highest BCUT2D eigenvalue weighted by Crippen LogP contribution is 2.33. The van der Waals surface area contributed by atoms with Crippen LogP contribution in [-0.2, 0) is 6.42 Å². The zero-order chi connectivity index (χ0) is 18.4. The minimum atomic E-state index is -0.439. The SMILES string of the molecule is COc1ccccc1NC(=O)c1cn2c3c(cc(Br)cc3c1=O)C[C@H]2C. The molecule has 3 aromatic rings. The van der Waals surface area contributed by atoms with Gasteiger partial charge in [-0.3, -0.25) is 9.59 Å². The average Bonchev–Trinajstić information content (AvgIpc) is 2.93. The molecule has 0 bridgehead atoms. The Kier molecular flexibility index (Phi) is 4.07. The standard InChI is InChI=1S/C20H17BrN2O3/c1-11-7-12-8-13(21)9-14-18(12)23(11)10-15(19(14)24)20(25)22-16-5-3-4-6-17(16)26-2/h3-6,8-11H,7H2,1-2H3,(H,22,25)/t11-/m1/s1. The molecule has 0 unspecified atom stereocenters. The maximum absolute atomic E-state index is 13.0. The summed E-state index contributed by atoms with van der Waals surface area (Å²) in [5.74, 6) is 0.107. The third-order valence-corrected chi connectivity index (χ3v) is 5.22. The van der Waals surface area contributed by atoms with E-state index in [1.54, 1.807) is 30.5 Å². The Balaban J connectivity index is 1.84. The fourth-order valence-electron chi connectivity index (χ4n) is 3.56.